The fraction of sp³-hybridized carbons (Fsp3) is 0.800. The van der Waals surface area contributed by atoms with Crippen molar-refractivity contribution in [1.82, 2.24) is 0 Å². The van der Waals surface area contributed by atoms with E-state index in [0.29, 0.717) is 5.92 Å². The van der Waals surface area contributed by atoms with Crippen LogP contribution in [0.3, 0.4) is 0 Å². The van der Waals surface area contributed by atoms with Crippen LogP contribution in [0.2, 0.25) is 0 Å². The Balaban J connectivity index is 2.83. The van der Waals surface area contributed by atoms with Crippen LogP contribution in [0.25, 0.3) is 0 Å². The van der Waals surface area contributed by atoms with Crippen LogP contribution in [-0.2, 0) is 9.59 Å². The molecular weight excluding hydrogens is 152 g/mol. The SMILES string of the molecule is CC(=O)[C@@H]1C[C@@]1(C(C)=O)C(C)C. The minimum Gasteiger partial charge on any atom is -0.300 e. The van der Waals surface area contributed by atoms with Gasteiger partial charge in [0.25, 0.3) is 0 Å². The van der Waals surface area contributed by atoms with E-state index in [9.17, 15) is 9.59 Å². The number of rotatable bonds is 3. The van der Waals surface area contributed by atoms with E-state index in [4.69, 9.17) is 0 Å². The Morgan fingerprint density at radius 3 is 1.92 bits per heavy atom. The van der Waals surface area contributed by atoms with Gasteiger partial charge in [-0.2, -0.15) is 0 Å². The molecule has 0 bridgehead atoms. The van der Waals surface area contributed by atoms with Crippen LogP contribution >= 0.6 is 0 Å². The molecule has 0 unspecified atom stereocenters. The Labute approximate surface area is 73.3 Å². The van der Waals surface area contributed by atoms with Gasteiger partial charge in [-0.1, -0.05) is 13.8 Å². The van der Waals surface area contributed by atoms with Gasteiger partial charge < -0.3 is 0 Å². The summed E-state index contributed by atoms with van der Waals surface area (Å²) in [5.41, 5.74) is -0.300. The van der Waals surface area contributed by atoms with E-state index in [-0.39, 0.29) is 22.9 Å². The highest BCUT2D eigenvalue weighted by Crippen LogP contribution is 2.58. The van der Waals surface area contributed by atoms with Crippen molar-refractivity contribution in [2.24, 2.45) is 17.3 Å². The maximum atomic E-state index is 11.3. The Hall–Kier alpha value is -0.660. The molecule has 0 radical (unpaired) electrons. The molecule has 1 aliphatic rings. The summed E-state index contributed by atoms with van der Waals surface area (Å²) in [6.07, 6.45) is 0.773. The molecule has 2 heteroatoms. The van der Waals surface area contributed by atoms with Crippen molar-refractivity contribution in [3.05, 3.63) is 0 Å². The quantitative estimate of drug-likeness (QED) is 0.644. The summed E-state index contributed by atoms with van der Waals surface area (Å²) >= 11 is 0. The summed E-state index contributed by atoms with van der Waals surface area (Å²) < 4.78 is 0. The Kier molecular flexibility index (Phi) is 2.11. The standard InChI is InChI=1S/C10H16O2/c1-6(2)10(8(4)12)5-9(10)7(3)11/h6,9H,5H2,1-4H3/t9-,10-/m0/s1. The van der Waals surface area contributed by atoms with Crippen LogP contribution in [0.4, 0.5) is 0 Å². The minimum atomic E-state index is -0.300. The van der Waals surface area contributed by atoms with Crippen molar-refractivity contribution in [2.45, 2.75) is 34.1 Å². The lowest BCUT2D eigenvalue weighted by Gasteiger charge is -2.17. The number of ketones is 2. The zero-order valence-corrected chi connectivity index (χ0v) is 8.18. The zero-order chi connectivity index (χ0) is 9.52. The first-order valence-electron chi connectivity index (χ1n) is 4.44. The molecule has 1 aliphatic carbocycles. The Morgan fingerprint density at radius 2 is 1.83 bits per heavy atom. The first kappa shape index (κ1) is 9.43. The summed E-state index contributed by atoms with van der Waals surface area (Å²) in [6, 6.07) is 0. The third-order valence-electron chi connectivity index (χ3n) is 3.18. The van der Waals surface area contributed by atoms with E-state index in [1.807, 2.05) is 13.8 Å². The highest BCUT2D eigenvalue weighted by atomic mass is 16.1. The van der Waals surface area contributed by atoms with Gasteiger partial charge in [-0.3, -0.25) is 9.59 Å². The predicted molar refractivity (Wildman–Crippen MR) is 46.7 cm³/mol. The molecule has 0 aliphatic heterocycles. The monoisotopic (exact) mass is 168 g/mol. The highest BCUT2D eigenvalue weighted by molar-refractivity contribution is 5.95. The maximum Gasteiger partial charge on any atom is 0.136 e. The van der Waals surface area contributed by atoms with Gasteiger partial charge in [-0.05, 0) is 26.2 Å². The van der Waals surface area contributed by atoms with Crippen molar-refractivity contribution in [1.29, 1.82) is 0 Å². The van der Waals surface area contributed by atoms with E-state index in [1.54, 1.807) is 13.8 Å². The van der Waals surface area contributed by atoms with Crippen molar-refractivity contribution in [3.8, 4) is 0 Å². The lowest BCUT2D eigenvalue weighted by atomic mass is 9.85. The lowest BCUT2D eigenvalue weighted by Crippen LogP contribution is -2.23. The summed E-state index contributed by atoms with van der Waals surface area (Å²) in [7, 11) is 0. The van der Waals surface area contributed by atoms with Gasteiger partial charge in [0, 0.05) is 11.3 Å². The molecule has 0 spiro atoms. The van der Waals surface area contributed by atoms with Crippen LogP contribution in [-0.4, -0.2) is 11.6 Å². The first-order valence-corrected chi connectivity index (χ1v) is 4.44. The molecule has 0 aromatic heterocycles. The van der Waals surface area contributed by atoms with E-state index >= 15 is 0 Å². The van der Waals surface area contributed by atoms with E-state index in [0.717, 1.165) is 6.42 Å². The van der Waals surface area contributed by atoms with Crippen LogP contribution in [0.15, 0.2) is 0 Å². The maximum absolute atomic E-state index is 11.3. The van der Waals surface area contributed by atoms with Crippen molar-refractivity contribution in [3.63, 3.8) is 0 Å². The molecule has 1 rings (SSSR count). The van der Waals surface area contributed by atoms with Gasteiger partial charge in [0.15, 0.2) is 0 Å². The average Bonchev–Trinajstić information content (AvgIpc) is 2.60. The topological polar surface area (TPSA) is 34.1 Å². The van der Waals surface area contributed by atoms with Crippen molar-refractivity contribution in [2.75, 3.05) is 0 Å². The van der Waals surface area contributed by atoms with Crippen molar-refractivity contribution >= 4 is 11.6 Å². The largest absolute Gasteiger partial charge is 0.300 e. The second-order valence-electron chi connectivity index (χ2n) is 4.12. The number of hydrogen-bond donors (Lipinski definition) is 0. The van der Waals surface area contributed by atoms with Crippen LogP contribution in [0.1, 0.15) is 34.1 Å². The van der Waals surface area contributed by atoms with E-state index in [2.05, 4.69) is 0 Å². The fourth-order valence-electron chi connectivity index (χ4n) is 2.22. The van der Waals surface area contributed by atoms with Gasteiger partial charge in [0.2, 0.25) is 0 Å². The molecule has 68 valence electrons. The summed E-state index contributed by atoms with van der Waals surface area (Å²) in [6.45, 7) is 7.22. The Morgan fingerprint density at radius 1 is 1.33 bits per heavy atom. The minimum absolute atomic E-state index is 0.00926. The first-order chi connectivity index (χ1) is 5.43. The summed E-state index contributed by atoms with van der Waals surface area (Å²) in [5, 5.41) is 0. The molecule has 0 aromatic rings. The number of Topliss-reactive ketones (excluding diaryl/α,β-unsaturated/α-hetero) is 2. The number of hydrogen-bond acceptors (Lipinski definition) is 2. The van der Waals surface area contributed by atoms with Gasteiger partial charge in [-0.25, -0.2) is 0 Å². The van der Waals surface area contributed by atoms with Gasteiger partial charge in [0.1, 0.15) is 11.6 Å². The van der Waals surface area contributed by atoms with E-state index < -0.39 is 0 Å². The van der Waals surface area contributed by atoms with Gasteiger partial charge in [-0.15, -0.1) is 0 Å². The molecule has 0 saturated heterocycles. The number of carbonyl (C=O) groups is 2. The zero-order valence-electron chi connectivity index (χ0n) is 8.18. The molecule has 2 atom stereocenters. The fourth-order valence-corrected chi connectivity index (χ4v) is 2.22. The average molecular weight is 168 g/mol. The predicted octanol–water partition coefficient (Wildman–Crippen LogP) is 1.83. The molecule has 0 N–H and O–H groups in total. The van der Waals surface area contributed by atoms with E-state index in [1.165, 1.54) is 0 Å². The Bertz CT molecular complexity index is 230. The van der Waals surface area contributed by atoms with Gasteiger partial charge >= 0.3 is 0 Å². The number of carbonyl (C=O) groups excluding carboxylic acids is 2. The van der Waals surface area contributed by atoms with Crippen LogP contribution in [0, 0.1) is 17.3 Å². The van der Waals surface area contributed by atoms with Gasteiger partial charge in [0.05, 0.1) is 0 Å². The third-order valence-corrected chi connectivity index (χ3v) is 3.18. The summed E-state index contributed by atoms with van der Waals surface area (Å²) in [4.78, 5) is 22.4. The molecule has 0 amide bonds. The molecule has 12 heavy (non-hydrogen) atoms. The molecule has 1 fully saturated rings. The lowest BCUT2D eigenvalue weighted by molar-refractivity contribution is -0.128. The van der Waals surface area contributed by atoms with Crippen LogP contribution in [0.5, 0.6) is 0 Å². The normalized spacial score (nSPS) is 33.6. The molecular formula is C10H16O2. The summed E-state index contributed by atoms with van der Waals surface area (Å²) in [5.74, 6) is 0.649. The second kappa shape index (κ2) is 2.68. The molecule has 1 saturated carbocycles. The highest BCUT2D eigenvalue weighted by Gasteiger charge is 2.61. The smallest absolute Gasteiger partial charge is 0.136 e. The molecule has 0 aromatic carbocycles. The molecule has 2 nitrogen and oxygen atoms in total. The second-order valence-corrected chi connectivity index (χ2v) is 4.12. The molecule has 0 heterocycles. The van der Waals surface area contributed by atoms with Crippen LogP contribution < -0.4 is 0 Å². The van der Waals surface area contributed by atoms with Crippen molar-refractivity contribution < 1.29 is 9.59 Å². The third kappa shape index (κ3) is 1.10.